The van der Waals surface area contributed by atoms with Crippen molar-refractivity contribution in [2.24, 2.45) is 0 Å². The molecule has 0 heterocycles. The Kier molecular flexibility index (Phi) is 49.7. The number of carbonyl (C=O) groups is 3. The van der Waals surface area contributed by atoms with Crippen molar-refractivity contribution >= 4 is 17.9 Å². The molecule has 0 amide bonds. The lowest BCUT2D eigenvalue weighted by Crippen LogP contribution is -2.30. The Morgan fingerprint density at radius 2 is 0.443 bits per heavy atom. The normalized spacial score (nSPS) is 11.9. The van der Waals surface area contributed by atoms with Gasteiger partial charge in [-0.25, -0.2) is 0 Å². The first kappa shape index (κ1) is 59.4. The monoisotopic (exact) mass is 863 g/mol. The van der Waals surface area contributed by atoms with Gasteiger partial charge in [-0.05, 0) is 19.3 Å². The van der Waals surface area contributed by atoms with Crippen LogP contribution in [-0.2, 0) is 28.6 Å². The topological polar surface area (TPSA) is 78.9 Å². The zero-order chi connectivity index (χ0) is 44.4. The highest BCUT2D eigenvalue weighted by atomic mass is 16.6. The van der Waals surface area contributed by atoms with E-state index >= 15 is 0 Å². The number of hydrogen-bond donors (Lipinski definition) is 0. The number of carbonyl (C=O) groups excluding carboxylic acids is 3. The van der Waals surface area contributed by atoms with Crippen molar-refractivity contribution in [3.63, 3.8) is 0 Å². The number of rotatable bonds is 51. The summed E-state index contributed by atoms with van der Waals surface area (Å²) in [5.41, 5.74) is 0. The highest BCUT2D eigenvalue weighted by Crippen LogP contribution is 2.17. The van der Waals surface area contributed by atoms with E-state index in [9.17, 15) is 14.4 Å². The first-order chi connectivity index (χ1) is 30.0. The molecule has 1 unspecified atom stereocenters. The molecule has 0 bridgehead atoms. The van der Waals surface area contributed by atoms with Crippen LogP contribution in [0.4, 0.5) is 0 Å². The molecule has 0 radical (unpaired) electrons. The summed E-state index contributed by atoms with van der Waals surface area (Å²) < 4.78 is 16.8. The second-order valence-corrected chi connectivity index (χ2v) is 18.9. The summed E-state index contributed by atoms with van der Waals surface area (Å²) in [6.45, 7) is 6.66. The Balaban J connectivity index is 4.10. The highest BCUT2D eigenvalue weighted by Gasteiger charge is 2.19. The van der Waals surface area contributed by atoms with Crippen LogP contribution in [0.5, 0.6) is 0 Å². The minimum Gasteiger partial charge on any atom is -0.462 e. The lowest BCUT2D eigenvalue weighted by Gasteiger charge is -2.18. The molecule has 362 valence electrons. The van der Waals surface area contributed by atoms with Crippen LogP contribution in [0.15, 0.2) is 0 Å². The molecule has 0 spiro atoms. The fourth-order valence-electron chi connectivity index (χ4n) is 8.45. The van der Waals surface area contributed by atoms with Gasteiger partial charge in [0.05, 0.1) is 0 Å². The number of esters is 3. The second-order valence-electron chi connectivity index (χ2n) is 18.9. The first-order valence-electron chi connectivity index (χ1n) is 27.5. The summed E-state index contributed by atoms with van der Waals surface area (Å²) in [5, 5.41) is 0. The lowest BCUT2D eigenvalue weighted by molar-refractivity contribution is -0.167. The summed E-state index contributed by atoms with van der Waals surface area (Å²) in [7, 11) is 0. The van der Waals surface area contributed by atoms with E-state index in [0.29, 0.717) is 19.3 Å². The van der Waals surface area contributed by atoms with E-state index in [0.717, 1.165) is 57.8 Å². The summed E-state index contributed by atoms with van der Waals surface area (Å²) in [4.78, 5) is 37.9. The largest absolute Gasteiger partial charge is 0.462 e. The van der Waals surface area contributed by atoms with Crippen LogP contribution in [-0.4, -0.2) is 37.2 Å². The van der Waals surface area contributed by atoms with Crippen molar-refractivity contribution in [1.29, 1.82) is 0 Å². The quantitative estimate of drug-likeness (QED) is 0.0344. The highest BCUT2D eigenvalue weighted by molar-refractivity contribution is 5.71. The molecule has 6 heteroatoms. The van der Waals surface area contributed by atoms with Crippen molar-refractivity contribution in [2.45, 2.75) is 322 Å². The van der Waals surface area contributed by atoms with Crippen LogP contribution in [0.2, 0.25) is 0 Å². The van der Waals surface area contributed by atoms with Gasteiger partial charge >= 0.3 is 17.9 Å². The first-order valence-corrected chi connectivity index (χ1v) is 27.5. The molecule has 0 aromatic heterocycles. The molecule has 0 rings (SSSR count). The number of unbranched alkanes of at least 4 members (excludes halogenated alkanes) is 40. The summed E-state index contributed by atoms with van der Waals surface area (Å²) in [6.07, 6.45) is 55.4. The maximum atomic E-state index is 12.7. The van der Waals surface area contributed by atoms with Gasteiger partial charge in [0.15, 0.2) is 6.10 Å². The molecule has 0 saturated carbocycles. The van der Waals surface area contributed by atoms with Gasteiger partial charge in [0.25, 0.3) is 0 Å². The molecule has 0 aromatic carbocycles. The van der Waals surface area contributed by atoms with Crippen molar-refractivity contribution in [2.75, 3.05) is 13.2 Å². The zero-order valence-electron chi connectivity index (χ0n) is 41.5. The summed E-state index contributed by atoms with van der Waals surface area (Å²) in [6, 6.07) is 0. The fraction of sp³-hybridized carbons (Fsp3) is 0.945. The van der Waals surface area contributed by atoms with Gasteiger partial charge in [-0.15, -0.1) is 0 Å². The molecule has 0 aliphatic carbocycles. The van der Waals surface area contributed by atoms with E-state index in [2.05, 4.69) is 20.8 Å². The van der Waals surface area contributed by atoms with Gasteiger partial charge in [-0.3, -0.25) is 14.4 Å². The van der Waals surface area contributed by atoms with Gasteiger partial charge in [0, 0.05) is 19.3 Å². The molecule has 0 N–H and O–H groups in total. The van der Waals surface area contributed by atoms with Gasteiger partial charge in [-0.2, -0.15) is 0 Å². The molecular formula is C55H106O6. The lowest BCUT2D eigenvalue weighted by atomic mass is 10.0. The van der Waals surface area contributed by atoms with Crippen molar-refractivity contribution < 1.29 is 28.6 Å². The van der Waals surface area contributed by atoms with Crippen molar-refractivity contribution in [1.82, 2.24) is 0 Å². The summed E-state index contributed by atoms with van der Waals surface area (Å²) in [5.74, 6) is -0.844. The van der Waals surface area contributed by atoms with Gasteiger partial charge < -0.3 is 14.2 Å². The van der Waals surface area contributed by atoms with Crippen LogP contribution in [0.3, 0.4) is 0 Å². The van der Waals surface area contributed by atoms with E-state index in [1.54, 1.807) is 0 Å². The Morgan fingerprint density at radius 1 is 0.262 bits per heavy atom. The van der Waals surface area contributed by atoms with Crippen LogP contribution in [0.25, 0.3) is 0 Å². The fourth-order valence-corrected chi connectivity index (χ4v) is 8.45. The molecule has 0 saturated heterocycles. The standard InChI is InChI=1S/C55H106O6/c1-4-7-10-13-16-19-22-23-24-25-26-27-28-29-30-31-32-33-34-37-39-42-45-48-54(57)60-51-52(61-55(58)49-46-43-40-36-21-18-15-12-9-6-3)50-59-53(56)47-44-41-38-35-20-17-14-11-8-5-2/h52H,4-51H2,1-3H3. The Morgan fingerprint density at radius 3 is 0.656 bits per heavy atom. The molecule has 0 aliphatic rings. The molecule has 0 aliphatic heterocycles. The van der Waals surface area contributed by atoms with Gasteiger partial charge in [-0.1, -0.05) is 278 Å². The Bertz CT molecular complexity index is 905. The van der Waals surface area contributed by atoms with Crippen molar-refractivity contribution in [3.8, 4) is 0 Å². The van der Waals surface area contributed by atoms with E-state index < -0.39 is 6.10 Å². The van der Waals surface area contributed by atoms with Crippen molar-refractivity contribution in [3.05, 3.63) is 0 Å². The van der Waals surface area contributed by atoms with Crippen LogP contribution < -0.4 is 0 Å². The van der Waals surface area contributed by atoms with Crippen LogP contribution in [0.1, 0.15) is 316 Å². The van der Waals surface area contributed by atoms with Gasteiger partial charge in [0.1, 0.15) is 13.2 Å². The number of hydrogen-bond acceptors (Lipinski definition) is 6. The van der Waals surface area contributed by atoms with Gasteiger partial charge in [0.2, 0.25) is 0 Å². The second kappa shape index (κ2) is 51.0. The maximum Gasteiger partial charge on any atom is 0.306 e. The van der Waals surface area contributed by atoms with E-state index in [-0.39, 0.29) is 31.1 Å². The third-order valence-electron chi connectivity index (χ3n) is 12.6. The van der Waals surface area contributed by atoms with Crippen LogP contribution >= 0.6 is 0 Å². The molecule has 0 aromatic rings. The maximum absolute atomic E-state index is 12.7. The smallest absolute Gasteiger partial charge is 0.306 e. The van der Waals surface area contributed by atoms with E-state index in [1.165, 1.54) is 218 Å². The Labute approximate surface area is 380 Å². The zero-order valence-corrected chi connectivity index (χ0v) is 41.5. The Hall–Kier alpha value is -1.59. The average molecular weight is 863 g/mol. The predicted octanol–water partition coefficient (Wildman–Crippen LogP) is 18.0. The van der Waals surface area contributed by atoms with E-state index in [1.807, 2.05) is 0 Å². The van der Waals surface area contributed by atoms with Crippen LogP contribution in [0, 0.1) is 0 Å². The summed E-state index contributed by atoms with van der Waals surface area (Å²) >= 11 is 0. The minimum absolute atomic E-state index is 0.0620. The average Bonchev–Trinajstić information content (AvgIpc) is 3.26. The molecular weight excluding hydrogens is 757 g/mol. The number of ether oxygens (including phenoxy) is 3. The third kappa shape index (κ3) is 49.3. The molecule has 1 atom stereocenters. The SMILES string of the molecule is CCCCCCCCCCCCCCCCCCCCCCCCCC(=O)OCC(COC(=O)CCCCCCCCCCCC)OC(=O)CCCCCCCCCCCC. The third-order valence-corrected chi connectivity index (χ3v) is 12.6. The predicted molar refractivity (Wildman–Crippen MR) is 261 cm³/mol. The minimum atomic E-state index is -0.759. The molecule has 6 nitrogen and oxygen atoms in total. The molecule has 0 fully saturated rings. The van der Waals surface area contributed by atoms with E-state index in [4.69, 9.17) is 14.2 Å². The molecule has 61 heavy (non-hydrogen) atoms.